The number of amides is 3. The number of hydrogen-bond acceptors (Lipinski definition) is 5. The SMILES string of the molecule is CCOC(=O)CNC(=O)Nc1ccc(N2CCN(C(=O)c3ccc4ccccc4c3)CC2)cc1. The van der Waals surface area contributed by atoms with Crippen LogP contribution in [0.15, 0.2) is 66.7 Å². The maximum Gasteiger partial charge on any atom is 0.325 e. The number of benzene rings is 3. The molecule has 0 aliphatic carbocycles. The fraction of sp³-hybridized carbons (Fsp3) is 0.269. The van der Waals surface area contributed by atoms with Crippen LogP contribution in [0.2, 0.25) is 0 Å². The third kappa shape index (κ3) is 5.64. The monoisotopic (exact) mass is 460 g/mol. The van der Waals surface area contributed by atoms with Crippen LogP contribution in [0.1, 0.15) is 17.3 Å². The zero-order valence-corrected chi connectivity index (χ0v) is 19.1. The molecule has 1 saturated heterocycles. The van der Waals surface area contributed by atoms with E-state index in [1.165, 1.54) is 0 Å². The summed E-state index contributed by atoms with van der Waals surface area (Å²) in [6.45, 7) is 4.54. The number of nitrogens with one attached hydrogen (secondary N) is 2. The average molecular weight is 461 g/mol. The molecule has 8 heteroatoms. The fourth-order valence-electron chi connectivity index (χ4n) is 3.97. The van der Waals surface area contributed by atoms with Gasteiger partial charge in [0.2, 0.25) is 0 Å². The van der Waals surface area contributed by atoms with Crippen LogP contribution in [-0.2, 0) is 9.53 Å². The molecule has 1 heterocycles. The highest BCUT2D eigenvalue weighted by Crippen LogP contribution is 2.21. The highest BCUT2D eigenvalue weighted by Gasteiger charge is 2.22. The number of esters is 1. The van der Waals surface area contributed by atoms with Crippen molar-refractivity contribution in [2.45, 2.75) is 6.92 Å². The lowest BCUT2D eigenvalue weighted by molar-refractivity contribution is -0.141. The molecule has 0 atom stereocenters. The smallest absolute Gasteiger partial charge is 0.325 e. The lowest BCUT2D eigenvalue weighted by Gasteiger charge is -2.36. The van der Waals surface area contributed by atoms with Crippen molar-refractivity contribution in [1.82, 2.24) is 10.2 Å². The Labute approximate surface area is 198 Å². The molecule has 3 aromatic rings. The molecule has 1 aliphatic rings. The van der Waals surface area contributed by atoms with Crippen molar-refractivity contribution in [1.29, 1.82) is 0 Å². The van der Waals surface area contributed by atoms with E-state index in [1.807, 2.05) is 71.6 Å². The summed E-state index contributed by atoms with van der Waals surface area (Å²) in [6, 6.07) is 20.9. The van der Waals surface area contributed by atoms with Gasteiger partial charge in [0.05, 0.1) is 6.61 Å². The second-order valence-electron chi connectivity index (χ2n) is 8.00. The molecule has 0 spiro atoms. The lowest BCUT2D eigenvalue weighted by Crippen LogP contribution is -2.48. The number of fused-ring (bicyclic) bond motifs is 1. The Morgan fingerprint density at radius 3 is 2.29 bits per heavy atom. The van der Waals surface area contributed by atoms with Crippen LogP contribution in [-0.4, -0.2) is 62.1 Å². The minimum absolute atomic E-state index is 0.0544. The molecular weight excluding hydrogens is 432 g/mol. The Kier molecular flexibility index (Phi) is 7.27. The van der Waals surface area contributed by atoms with Crippen molar-refractivity contribution in [3.05, 3.63) is 72.3 Å². The van der Waals surface area contributed by atoms with Crippen LogP contribution in [0, 0.1) is 0 Å². The third-order valence-electron chi connectivity index (χ3n) is 5.75. The molecule has 0 aromatic heterocycles. The van der Waals surface area contributed by atoms with Crippen LogP contribution in [0.4, 0.5) is 16.2 Å². The Morgan fingerprint density at radius 1 is 0.882 bits per heavy atom. The Hall–Kier alpha value is -4.07. The number of rotatable bonds is 6. The second-order valence-corrected chi connectivity index (χ2v) is 8.00. The van der Waals surface area contributed by atoms with Crippen molar-refractivity contribution >= 4 is 40.1 Å². The number of piperazine rings is 1. The normalized spacial score (nSPS) is 13.4. The number of nitrogens with zero attached hydrogens (tertiary/aromatic N) is 2. The number of ether oxygens (including phenoxy) is 1. The summed E-state index contributed by atoms with van der Waals surface area (Å²) in [5.41, 5.74) is 2.36. The Bertz CT molecular complexity index is 1170. The number of carbonyl (C=O) groups is 3. The van der Waals surface area contributed by atoms with Crippen LogP contribution in [0.5, 0.6) is 0 Å². The summed E-state index contributed by atoms with van der Waals surface area (Å²) >= 11 is 0. The van der Waals surface area contributed by atoms with Gasteiger partial charge in [0.1, 0.15) is 6.54 Å². The maximum absolute atomic E-state index is 13.0. The highest BCUT2D eigenvalue weighted by molar-refractivity contribution is 5.98. The number of anilines is 2. The van der Waals surface area contributed by atoms with Gasteiger partial charge in [0.15, 0.2) is 0 Å². The summed E-state index contributed by atoms with van der Waals surface area (Å²) in [7, 11) is 0. The van der Waals surface area contributed by atoms with Crippen molar-refractivity contribution in [2.24, 2.45) is 0 Å². The van der Waals surface area contributed by atoms with Gasteiger partial charge in [-0.05, 0) is 54.1 Å². The lowest BCUT2D eigenvalue weighted by atomic mass is 10.1. The van der Waals surface area contributed by atoms with Gasteiger partial charge in [0.25, 0.3) is 5.91 Å². The van der Waals surface area contributed by atoms with E-state index < -0.39 is 12.0 Å². The first-order valence-corrected chi connectivity index (χ1v) is 11.4. The van der Waals surface area contributed by atoms with Gasteiger partial charge in [0, 0.05) is 43.1 Å². The number of carbonyl (C=O) groups excluding carboxylic acids is 3. The molecule has 1 fully saturated rings. The van der Waals surface area contributed by atoms with Gasteiger partial charge < -0.3 is 25.2 Å². The summed E-state index contributed by atoms with van der Waals surface area (Å²) < 4.78 is 4.78. The molecule has 0 bridgehead atoms. The molecule has 0 radical (unpaired) electrons. The maximum atomic E-state index is 13.0. The van der Waals surface area contributed by atoms with Crippen LogP contribution in [0.3, 0.4) is 0 Å². The van der Waals surface area contributed by atoms with E-state index in [0.717, 1.165) is 29.5 Å². The molecule has 4 rings (SSSR count). The zero-order chi connectivity index (χ0) is 23.9. The van der Waals surface area contributed by atoms with Crippen molar-refractivity contribution in [2.75, 3.05) is 49.5 Å². The summed E-state index contributed by atoms with van der Waals surface area (Å²) in [5.74, 6) is -0.426. The van der Waals surface area contributed by atoms with Crippen molar-refractivity contribution < 1.29 is 19.1 Å². The van der Waals surface area contributed by atoms with Crippen LogP contribution >= 0.6 is 0 Å². The predicted octanol–water partition coefficient (Wildman–Crippen LogP) is 3.49. The molecule has 1 aliphatic heterocycles. The van der Waals surface area contributed by atoms with Gasteiger partial charge in [-0.15, -0.1) is 0 Å². The molecule has 3 amide bonds. The molecule has 176 valence electrons. The molecule has 8 nitrogen and oxygen atoms in total. The molecule has 0 saturated carbocycles. The largest absolute Gasteiger partial charge is 0.465 e. The van der Waals surface area contributed by atoms with E-state index in [1.54, 1.807) is 6.92 Å². The topological polar surface area (TPSA) is 91.0 Å². The van der Waals surface area contributed by atoms with Crippen molar-refractivity contribution in [3.63, 3.8) is 0 Å². The summed E-state index contributed by atoms with van der Waals surface area (Å²) in [5, 5.41) is 7.34. The van der Waals surface area contributed by atoms with Crippen LogP contribution < -0.4 is 15.5 Å². The van der Waals surface area contributed by atoms with E-state index in [0.29, 0.717) is 24.3 Å². The molecular formula is C26H28N4O4. The quantitative estimate of drug-likeness (QED) is 0.550. The first-order chi connectivity index (χ1) is 16.5. The van der Waals surface area contributed by atoms with Gasteiger partial charge >= 0.3 is 12.0 Å². The van der Waals surface area contributed by atoms with E-state index in [9.17, 15) is 14.4 Å². The first kappa shape index (κ1) is 23.1. The zero-order valence-electron chi connectivity index (χ0n) is 19.1. The van der Waals surface area contributed by atoms with Crippen LogP contribution in [0.25, 0.3) is 10.8 Å². The first-order valence-electron chi connectivity index (χ1n) is 11.4. The molecule has 34 heavy (non-hydrogen) atoms. The number of urea groups is 1. The summed E-state index contributed by atoms with van der Waals surface area (Å²) in [6.07, 6.45) is 0. The summed E-state index contributed by atoms with van der Waals surface area (Å²) in [4.78, 5) is 40.4. The predicted molar refractivity (Wildman–Crippen MR) is 132 cm³/mol. The van der Waals surface area contributed by atoms with E-state index in [4.69, 9.17) is 4.74 Å². The number of hydrogen-bond donors (Lipinski definition) is 2. The third-order valence-corrected chi connectivity index (χ3v) is 5.75. The second kappa shape index (κ2) is 10.7. The minimum Gasteiger partial charge on any atom is -0.465 e. The Balaban J connectivity index is 1.28. The Morgan fingerprint density at radius 2 is 1.59 bits per heavy atom. The van der Waals surface area contributed by atoms with E-state index in [-0.39, 0.29) is 19.1 Å². The van der Waals surface area contributed by atoms with E-state index in [2.05, 4.69) is 15.5 Å². The van der Waals surface area contributed by atoms with Gasteiger partial charge in [-0.3, -0.25) is 9.59 Å². The average Bonchev–Trinajstić information content (AvgIpc) is 2.87. The molecule has 2 N–H and O–H groups in total. The van der Waals surface area contributed by atoms with Gasteiger partial charge in [-0.2, -0.15) is 0 Å². The molecule has 3 aromatic carbocycles. The van der Waals surface area contributed by atoms with Gasteiger partial charge in [-0.25, -0.2) is 4.79 Å². The minimum atomic E-state index is -0.480. The van der Waals surface area contributed by atoms with Gasteiger partial charge in [-0.1, -0.05) is 30.3 Å². The standard InChI is InChI=1S/C26H28N4O4/c1-2-34-24(31)18-27-26(33)28-22-9-11-23(12-10-22)29-13-15-30(16-14-29)25(32)21-8-7-19-5-3-4-6-20(19)17-21/h3-12,17H,2,13-16,18H2,1H3,(H2,27,28,33). The molecule has 0 unspecified atom stereocenters. The van der Waals surface area contributed by atoms with E-state index >= 15 is 0 Å². The highest BCUT2D eigenvalue weighted by atomic mass is 16.5. The fourth-order valence-corrected chi connectivity index (χ4v) is 3.97. The van der Waals surface area contributed by atoms with Crippen molar-refractivity contribution in [3.8, 4) is 0 Å².